The van der Waals surface area contributed by atoms with E-state index in [1.807, 2.05) is 38.1 Å². The second-order valence-electron chi connectivity index (χ2n) is 6.98. The van der Waals surface area contributed by atoms with Gasteiger partial charge < -0.3 is 20.1 Å². The number of halogens is 1. The predicted octanol–water partition coefficient (Wildman–Crippen LogP) is 3.60. The first-order chi connectivity index (χ1) is 14.1. The number of H-pyrrole nitrogens is 1. The van der Waals surface area contributed by atoms with Gasteiger partial charge in [0.2, 0.25) is 0 Å². The average Bonchev–Trinajstić information content (AvgIpc) is 3.20. The first-order valence-electron chi connectivity index (χ1n) is 10.3. The van der Waals surface area contributed by atoms with Crippen LogP contribution in [0.15, 0.2) is 29.3 Å². The fraction of sp³-hybridized carbons (Fsp3) is 0.571. The van der Waals surface area contributed by atoms with Crippen LogP contribution < -0.4 is 15.4 Å². The molecule has 0 amide bonds. The molecule has 0 fully saturated rings. The molecule has 0 radical (unpaired) electrons. The number of aromatic nitrogens is 3. The maximum absolute atomic E-state index is 5.80. The number of methoxy groups -OCH3 is 1. The molecule has 0 saturated heterocycles. The standard InChI is InChI=1S/C21H34N6O2.HI/c1-6-22-21(23-13-12-18(15(3)4)29-7-2)24-14-19-25-20(27-26-19)16-8-10-17(28-5)11-9-16;/h8-11,15,18H,6-7,12-14H2,1-5H3,(H2,22,23,24)(H,25,26,27);1H. The molecule has 0 saturated carbocycles. The fourth-order valence-electron chi connectivity index (χ4n) is 2.89. The molecule has 2 aromatic rings. The average molecular weight is 530 g/mol. The van der Waals surface area contributed by atoms with Gasteiger partial charge in [-0.05, 0) is 50.5 Å². The van der Waals surface area contributed by atoms with Gasteiger partial charge in [0, 0.05) is 25.3 Å². The largest absolute Gasteiger partial charge is 0.497 e. The third-order valence-electron chi connectivity index (χ3n) is 4.46. The molecule has 2 rings (SSSR count). The summed E-state index contributed by atoms with van der Waals surface area (Å²) >= 11 is 0. The van der Waals surface area contributed by atoms with Crippen LogP contribution in [0.3, 0.4) is 0 Å². The predicted molar refractivity (Wildman–Crippen MR) is 131 cm³/mol. The van der Waals surface area contributed by atoms with Gasteiger partial charge in [0.15, 0.2) is 11.8 Å². The summed E-state index contributed by atoms with van der Waals surface area (Å²) in [4.78, 5) is 9.14. The van der Waals surface area contributed by atoms with Gasteiger partial charge in [-0.2, -0.15) is 5.10 Å². The normalized spacial score (nSPS) is 12.4. The van der Waals surface area contributed by atoms with Crippen LogP contribution in [0.1, 0.15) is 39.9 Å². The third-order valence-corrected chi connectivity index (χ3v) is 4.46. The van der Waals surface area contributed by atoms with Gasteiger partial charge in [-0.15, -0.1) is 24.0 Å². The summed E-state index contributed by atoms with van der Waals surface area (Å²) in [5.41, 5.74) is 0.929. The van der Waals surface area contributed by atoms with Crippen LogP contribution in [0.25, 0.3) is 11.4 Å². The maximum Gasteiger partial charge on any atom is 0.191 e. The third kappa shape index (κ3) is 8.47. The Kier molecular flexibility index (Phi) is 12.4. The van der Waals surface area contributed by atoms with Gasteiger partial charge in [-0.25, -0.2) is 9.98 Å². The van der Waals surface area contributed by atoms with E-state index in [0.29, 0.717) is 24.1 Å². The molecule has 0 spiro atoms. The highest BCUT2D eigenvalue weighted by molar-refractivity contribution is 14.0. The van der Waals surface area contributed by atoms with Gasteiger partial charge in [0.25, 0.3) is 0 Å². The van der Waals surface area contributed by atoms with E-state index < -0.39 is 0 Å². The van der Waals surface area contributed by atoms with Gasteiger partial charge in [0.1, 0.15) is 18.1 Å². The molecular weight excluding hydrogens is 495 g/mol. The van der Waals surface area contributed by atoms with E-state index in [0.717, 1.165) is 43.4 Å². The Hall–Kier alpha value is -1.88. The van der Waals surface area contributed by atoms with Crippen LogP contribution in [0.2, 0.25) is 0 Å². The Balaban J connectivity index is 0.00000450. The number of guanidine groups is 1. The molecule has 9 heteroatoms. The molecule has 1 aromatic carbocycles. The number of aliphatic imine (C=N–C) groups is 1. The molecule has 8 nitrogen and oxygen atoms in total. The summed E-state index contributed by atoms with van der Waals surface area (Å²) < 4.78 is 11.0. The lowest BCUT2D eigenvalue weighted by atomic mass is 10.0. The van der Waals surface area contributed by atoms with Gasteiger partial charge >= 0.3 is 0 Å². The van der Waals surface area contributed by atoms with E-state index in [1.54, 1.807) is 7.11 Å². The summed E-state index contributed by atoms with van der Waals surface area (Å²) in [6.45, 7) is 11.2. The number of hydrogen-bond donors (Lipinski definition) is 3. The van der Waals surface area contributed by atoms with Crippen LogP contribution in [0.4, 0.5) is 0 Å². The molecule has 3 N–H and O–H groups in total. The van der Waals surface area contributed by atoms with Crippen molar-refractivity contribution in [3.05, 3.63) is 30.1 Å². The lowest BCUT2D eigenvalue weighted by Crippen LogP contribution is -2.39. The van der Waals surface area contributed by atoms with Crippen molar-refractivity contribution in [3.8, 4) is 17.1 Å². The smallest absolute Gasteiger partial charge is 0.191 e. The Morgan fingerprint density at radius 1 is 1.17 bits per heavy atom. The van der Waals surface area contributed by atoms with Gasteiger partial charge in [-0.1, -0.05) is 13.8 Å². The van der Waals surface area contributed by atoms with E-state index in [1.165, 1.54) is 0 Å². The van der Waals surface area contributed by atoms with Crippen LogP contribution in [-0.4, -0.2) is 54.1 Å². The van der Waals surface area contributed by atoms with Crippen LogP contribution in [0.5, 0.6) is 5.75 Å². The molecule has 1 aromatic heterocycles. The van der Waals surface area contributed by atoms with E-state index in [4.69, 9.17) is 9.47 Å². The molecule has 0 bridgehead atoms. The minimum Gasteiger partial charge on any atom is -0.497 e. The van der Waals surface area contributed by atoms with Crippen LogP contribution in [0, 0.1) is 5.92 Å². The van der Waals surface area contributed by atoms with Crippen molar-refractivity contribution in [1.82, 2.24) is 25.8 Å². The highest BCUT2D eigenvalue weighted by Gasteiger charge is 2.13. The molecular formula is C21H35IN6O2. The monoisotopic (exact) mass is 530 g/mol. The molecule has 30 heavy (non-hydrogen) atoms. The Morgan fingerprint density at radius 2 is 1.90 bits per heavy atom. The second-order valence-corrected chi connectivity index (χ2v) is 6.98. The zero-order valence-corrected chi connectivity index (χ0v) is 20.9. The van der Waals surface area contributed by atoms with Crippen molar-refractivity contribution in [2.75, 3.05) is 26.8 Å². The lowest BCUT2D eigenvalue weighted by molar-refractivity contribution is 0.0258. The number of aromatic amines is 1. The Labute approximate surface area is 196 Å². The molecule has 1 atom stereocenters. The zero-order chi connectivity index (χ0) is 21.1. The molecule has 1 unspecified atom stereocenters. The number of ether oxygens (including phenoxy) is 2. The highest BCUT2D eigenvalue weighted by Crippen LogP contribution is 2.19. The summed E-state index contributed by atoms with van der Waals surface area (Å²) in [5.74, 6) is 3.41. The first kappa shape index (κ1) is 26.2. The van der Waals surface area contributed by atoms with Crippen molar-refractivity contribution in [2.24, 2.45) is 10.9 Å². The number of nitrogens with one attached hydrogen (secondary N) is 3. The topological polar surface area (TPSA) is 96.5 Å². The second kappa shape index (κ2) is 14.2. The molecule has 0 aliphatic heterocycles. The molecule has 0 aliphatic carbocycles. The van der Waals surface area contributed by atoms with Crippen molar-refractivity contribution in [1.29, 1.82) is 0 Å². The van der Waals surface area contributed by atoms with Gasteiger partial charge in [0.05, 0.1) is 13.2 Å². The fourth-order valence-corrected chi connectivity index (χ4v) is 2.89. The van der Waals surface area contributed by atoms with E-state index in [-0.39, 0.29) is 30.1 Å². The summed E-state index contributed by atoms with van der Waals surface area (Å²) in [5, 5.41) is 13.9. The lowest BCUT2D eigenvalue weighted by Gasteiger charge is -2.21. The molecule has 168 valence electrons. The van der Waals surface area contributed by atoms with Crippen molar-refractivity contribution in [2.45, 2.75) is 46.8 Å². The Morgan fingerprint density at radius 3 is 2.50 bits per heavy atom. The van der Waals surface area contributed by atoms with Crippen molar-refractivity contribution in [3.63, 3.8) is 0 Å². The van der Waals surface area contributed by atoms with Crippen molar-refractivity contribution < 1.29 is 9.47 Å². The maximum atomic E-state index is 5.80. The first-order valence-corrected chi connectivity index (χ1v) is 10.3. The minimum absolute atomic E-state index is 0. The summed E-state index contributed by atoms with van der Waals surface area (Å²) in [7, 11) is 1.65. The van der Waals surface area contributed by atoms with Crippen molar-refractivity contribution >= 4 is 29.9 Å². The number of hydrogen-bond acceptors (Lipinski definition) is 5. The zero-order valence-electron chi connectivity index (χ0n) is 18.6. The minimum atomic E-state index is 0. The highest BCUT2D eigenvalue weighted by atomic mass is 127. The summed E-state index contributed by atoms with van der Waals surface area (Å²) in [6, 6.07) is 7.65. The number of nitrogens with zero attached hydrogens (tertiary/aromatic N) is 3. The summed E-state index contributed by atoms with van der Waals surface area (Å²) in [6.07, 6.45) is 1.18. The SMILES string of the molecule is CCNC(=NCc1nc(-c2ccc(OC)cc2)n[nH]1)NCCC(OCC)C(C)C.I. The molecule has 1 heterocycles. The Bertz CT molecular complexity index is 748. The van der Waals surface area contributed by atoms with Gasteiger partial charge in [-0.3, -0.25) is 5.10 Å². The number of rotatable bonds is 11. The quantitative estimate of drug-likeness (QED) is 0.234. The van der Waals surface area contributed by atoms with E-state index >= 15 is 0 Å². The van der Waals surface area contributed by atoms with E-state index in [2.05, 4.69) is 44.7 Å². The van der Waals surface area contributed by atoms with E-state index in [9.17, 15) is 0 Å². The van der Waals surface area contributed by atoms with Crippen LogP contribution >= 0.6 is 24.0 Å². The number of benzene rings is 1. The molecule has 0 aliphatic rings. The van der Waals surface area contributed by atoms with Crippen LogP contribution in [-0.2, 0) is 11.3 Å².